The number of aromatic nitrogens is 2. The Morgan fingerprint density at radius 2 is 2.24 bits per heavy atom. The monoisotopic (exact) mass is 238 g/mol. The second-order valence-electron chi connectivity index (χ2n) is 4.39. The maximum Gasteiger partial charge on any atom is 0.221 e. The summed E-state index contributed by atoms with van der Waals surface area (Å²) >= 11 is 0. The van der Waals surface area contributed by atoms with Gasteiger partial charge in [0.15, 0.2) is 0 Å². The zero-order valence-corrected chi connectivity index (χ0v) is 10.9. The van der Waals surface area contributed by atoms with Crippen LogP contribution in [0.5, 0.6) is 0 Å². The molecule has 5 nitrogen and oxygen atoms in total. The highest BCUT2D eigenvalue weighted by Crippen LogP contribution is 1.93. The Balaban J connectivity index is 2.05. The lowest BCUT2D eigenvalue weighted by Crippen LogP contribution is -2.33. The molecule has 0 aromatic carbocycles. The lowest BCUT2D eigenvalue weighted by molar-refractivity contribution is -0.121. The molecular formula is C12H22N4O. The number of imidazole rings is 1. The molecule has 0 bridgehead atoms. The highest BCUT2D eigenvalue weighted by Gasteiger charge is 2.02. The van der Waals surface area contributed by atoms with Crippen LogP contribution in [-0.4, -0.2) is 34.6 Å². The van der Waals surface area contributed by atoms with Crippen LogP contribution in [0.4, 0.5) is 0 Å². The number of amides is 1. The summed E-state index contributed by atoms with van der Waals surface area (Å²) in [4.78, 5) is 15.5. The minimum Gasteiger partial charge on any atom is -0.354 e. The van der Waals surface area contributed by atoms with Crippen molar-refractivity contribution in [3.8, 4) is 0 Å². The molecule has 1 rings (SSSR count). The molecule has 1 aromatic heterocycles. The summed E-state index contributed by atoms with van der Waals surface area (Å²) in [7, 11) is 0. The number of nitrogens with one attached hydrogen (secondary N) is 2. The zero-order chi connectivity index (χ0) is 12.7. The molecule has 0 spiro atoms. The third kappa shape index (κ3) is 5.49. The number of hydrogen-bond acceptors (Lipinski definition) is 3. The number of rotatable bonds is 7. The van der Waals surface area contributed by atoms with Crippen molar-refractivity contribution in [2.45, 2.75) is 39.8 Å². The van der Waals surface area contributed by atoms with E-state index in [-0.39, 0.29) is 11.9 Å². The first kappa shape index (κ1) is 13.7. The van der Waals surface area contributed by atoms with E-state index in [9.17, 15) is 4.79 Å². The molecule has 17 heavy (non-hydrogen) atoms. The third-order valence-corrected chi connectivity index (χ3v) is 2.43. The lowest BCUT2D eigenvalue weighted by atomic mass is 10.3. The SMILES string of the molecule is Cc1nccn1CCNCCC(=O)NC(C)C. The average molecular weight is 238 g/mol. The second kappa shape index (κ2) is 7.06. The van der Waals surface area contributed by atoms with Gasteiger partial charge in [0.25, 0.3) is 0 Å². The third-order valence-electron chi connectivity index (χ3n) is 2.43. The fourth-order valence-corrected chi connectivity index (χ4v) is 1.56. The molecule has 1 aromatic rings. The van der Waals surface area contributed by atoms with Crippen LogP contribution in [0.25, 0.3) is 0 Å². The van der Waals surface area contributed by atoms with Crippen molar-refractivity contribution in [2.75, 3.05) is 13.1 Å². The first-order chi connectivity index (χ1) is 8.09. The van der Waals surface area contributed by atoms with Crippen molar-refractivity contribution >= 4 is 5.91 Å². The standard InChI is InChI=1S/C12H22N4O/c1-10(2)15-12(17)4-5-13-6-8-16-9-7-14-11(16)3/h7,9-10,13H,4-6,8H2,1-3H3,(H,15,17). The zero-order valence-electron chi connectivity index (χ0n) is 10.9. The minimum absolute atomic E-state index is 0.103. The fraction of sp³-hybridized carbons (Fsp3) is 0.667. The van der Waals surface area contributed by atoms with E-state index in [1.54, 1.807) is 6.20 Å². The molecule has 5 heteroatoms. The van der Waals surface area contributed by atoms with Crippen LogP contribution in [0, 0.1) is 6.92 Å². The van der Waals surface area contributed by atoms with E-state index in [0.717, 1.165) is 18.9 Å². The van der Waals surface area contributed by atoms with Gasteiger partial charge in [0.2, 0.25) is 5.91 Å². The van der Waals surface area contributed by atoms with Crippen LogP contribution in [0.2, 0.25) is 0 Å². The molecule has 1 heterocycles. The van der Waals surface area contributed by atoms with E-state index >= 15 is 0 Å². The van der Waals surface area contributed by atoms with Crippen molar-refractivity contribution in [1.29, 1.82) is 0 Å². The highest BCUT2D eigenvalue weighted by atomic mass is 16.1. The molecule has 0 aliphatic heterocycles. The molecule has 0 aliphatic carbocycles. The topological polar surface area (TPSA) is 59.0 Å². The number of carbonyl (C=O) groups is 1. The molecule has 1 amide bonds. The highest BCUT2D eigenvalue weighted by molar-refractivity contribution is 5.76. The predicted molar refractivity (Wildman–Crippen MR) is 67.7 cm³/mol. The van der Waals surface area contributed by atoms with E-state index in [1.807, 2.05) is 27.0 Å². The van der Waals surface area contributed by atoms with Crippen LogP contribution >= 0.6 is 0 Å². The van der Waals surface area contributed by atoms with Gasteiger partial charge < -0.3 is 15.2 Å². The second-order valence-corrected chi connectivity index (χ2v) is 4.39. The van der Waals surface area contributed by atoms with Crippen molar-refractivity contribution < 1.29 is 4.79 Å². The van der Waals surface area contributed by atoms with Crippen LogP contribution in [-0.2, 0) is 11.3 Å². The molecule has 0 fully saturated rings. The van der Waals surface area contributed by atoms with Crippen LogP contribution in [0.1, 0.15) is 26.1 Å². The fourth-order valence-electron chi connectivity index (χ4n) is 1.56. The summed E-state index contributed by atoms with van der Waals surface area (Å²) in [5.74, 6) is 1.12. The number of carbonyl (C=O) groups excluding carboxylic acids is 1. The predicted octanol–water partition coefficient (Wildman–Crippen LogP) is 0.696. The Bertz CT molecular complexity index is 346. The number of aryl methyl sites for hydroxylation is 1. The van der Waals surface area contributed by atoms with Gasteiger partial charge in [-0.3, -0.25) is 4.79 Å². The molecular weight excluding hydrogens is 216 g/mol. The smallest absolute Gasteiger partial charge is 0.221 e. The average Bonchev–Trinajstić information content (AvgIpc) is 2.63. The summed E-state index contributed by atoms with van der Waals surface area (Å²) in [5.41, 5.74) is 0. The van der Waals surface area contributed by atoms with Crippen LogP contribution in [0.3, 0.4) is 0 Å². The summed E-state index contributed by atoms with van der Waals surface area (Å²) in [6.45, 7) is 8.37. The molecule has 0 unspecified atom stereocenters. The normalized spacial score (nSPS) is 10.8. The van der Waals surface area contributed by atoms with Crippen molar-refractivity contribution in [3.05, 3.63) is 18.2 Å². The molecule has 2 N–H and O–H groups in total. The number of nitrogens with zero attached hydrogens (tertiary/aromatic N) is 2. The Labute approximate surface area is 103 Å². The van der Waals surface area contributed by atoms with Gasteiger partial charge in [0, 0.05) is 44.5 Å². The van der Waals surface area contributed by atoms with Gasteiger partial charge in [-0.1, -0.05) is 0 Å². The Morgan fingerprint density at radius 1 is 1.47 bits per heavy atom. The first-order valence-corrected chi connectivity index (χ1v) is 6.07. The maximum atomic E-state index is 11.3. The van der Waals surface area contributed by atoms with Gasteiger partial charge in [-0.15, -0.1) is 0 Å². The van der Waals surface area contributed by atoms with Gasteiger partial charge in [0.1, 0.15) is 5.82 Å². The summed E-state index contributed by atoms with van der Waals surface area (Å²) in [5, 5.41) is 6.11. The van der Waals surface area contributed by atoms with E-state index < -0.39 is 0 Å². The first-order valence-electron chi connectivity index (χ1n) is 6.07. The van der Waals surface area contributed by atoms with E-state index in [4.69, 9.17) is 0 Å². The van der Waals surface area contributed by atoms with Crippen LogP contribution in [0.15, 0.2) is 12.4 Å². The van der Waals surface area contributed by atoms with E-state index in [2.05, 4.69) is 20.2 Å². The summed E-state index contributed by atoms with van der Waals surface area (Å²) < 4.78 is 2.08. The molecule has 96 valence electrons. The van der Waals surface area contributed by atoms with Gasteiger partial charge >= 0.3 is 0 Å². The van der Waals surface area contributed by atoms with Gasteiger partial charge in [-0.25, -0.2) is 4.98 Å². The minimum atomic E-state index is 0.103. The van der Waals surface area contributed by atoms with E-state index in [1.165, 1.54) is 0 Å². The lowest BCUT2D eigenvalue weighted by Gasteiger charge is -2.09. The van der Waals surface area contributed by atoms with Crippen LogP contribution < -0.4 is 10.6 Å². The summed E-state index contributed by atoms with van der Waals surface area (Å²) in [6.07, 6.45) is 4.29. The largest absolute Gasteiger partial charge is 0.354 e. The van der Waals surface area contributed by atoms with E-state index in [0.29, 0.717) is 13.0 Å². The molecule has 0 saturated carbocycles. The Morgan fingerprint density at radius 3 is 2.82 bits per heavy atom. The van der Waals surface area contributed by atoms with Gasteiger partial charge in [0.05, 0.1) is 0 Å². The van der Waals surface area contributed by atoms with Crippen molar-refractivity contribution in [2.24, 2.45) is 0 Å². The molecule has 0 aliphatic rings. The van der Waals surface area contributed by atoms with Crippen molar-refractivity contribution in [3.63, 3.8) is 0 Å². The number of hydrogen-bond donors (Lipinski definition) is 2. The quantitative estimate of drug-likeness (QED) is 0.687. The van der Waals surface area contributed by atoms with Gasteiger partial charge in [-0.2, -0.15) is 0 Å². The summed E-state index contributed by atoms with van der Waals surface area (Å²) in [6, 6.07) is 0.219. The van der Waals surface area contributed by atoms with Crippen molar-refractivity contribution in [1.82, 2.24) is 20.2 Å². The van der Waals surface area contributed by atoms with Gasteiger partial charge in [-0.05, 0) is 20.8 Å². The Kier molecular flexibility index (Phi) is 5.69. The molecule has 0 radical (unpaired) electrons. The molecule has 0 saturated heterocycles. The molecule has 0 atom stereocenters. The maximum absolute atomic E-state index is 11.3. The Hall–Kier alpha value is -1.36.